The Labute approximate surface area is 108 Å². The van der Waals surface area contributed by atoms with E-state index >= 15 is 0 Å². The van der Waals surface area contributed by atoms with E-state index in [1.54, 1.807) is 0 Å². The van der Waals surface area contributed by atoms with E-state index in [1.165, 1.54) is 4.90 Å². The number of amides is 2. The predicted molar refractivity (Wildman–Crippen MR) is 67.8 cm³/mol. The number of carbonyl (C=O) groups excluding carboxylic acids is 2. The quantitative estimate of drug-likeness (QED) is 0.785. The summed E-state index contributed by atoms with van der Waals surface area (Å²) in [5, 5.41) is 2.77. The molecule has 1 rings (SSSR count). The van der Waals surface area contributed by atoms with Crippen LogP contribution in [-0.2, 0) is 9.59 Å². The molecule has 0 aromatic heterocycles. The van der Waals surface area contributed by atoms with E-state index in [1.807, 2.05) is 20.8 Å². The van der Waals surface area contributed by atoms with Gasteiger partial charge in [-0.2, -0.15) is 0 Å². The molecule has 0 aromatic rings. The predicted octanol–water partition coefficient (Wildman–Crippen LogP) is 1.50. The molecule has 0 saturated carbocycles. The molecule has 5 heteroatoms. The number of halogens is 1. The number of alkyl halides is 1. The van der Waals surface area contributed by atoms with Crippen LogP contribution in [0, 0.1) is 5.92 Å². The third-order valence-corrected chi connectivity index (χ3v) is 3.17. The molecular formula is C13H23FN2O2. The molecule has 1 aliphatic rings. The number of nitrogens with one attached hydrogen (secondary N) is 1. The van der Waals surface area contributed by atoms with E-state index in [-0.39, 0.29) is 18.4 Å². The standard InChI is InChI=1S/C13H23FN2O2/c1-4-5-11-12(17)15-10(8-9(2)3)13(18)16(11)7-6-14/h9-11H,4-8H2,1-3H3,(H,15,17). The van der Waals surface area contributed by atoms with Crippen LogP contribution in [0.4, 0.5) is 4.39 Å². The van der Waals surface area contributed by atoms with Crippen molar-refractivity contribution in [1.82, 2.24) is 10.2 Å². The molecule has 0 aliphatic carbocycles. The van der Waals surface area contributed by atoms with Crippen LogP contribution in [-0.4, -0.2) is 42.0 Å². The first-order valence-electron chi connectivity index (χ1n) is 6.68. The highest BCUT2D eigenvalue weighted by Gasteiger charge is 2.39. The van der Waals surface area contributed by atoms with Gasteiger partial charge in [-0.15, -0.1) is 0 Å². The van der Waals surface area contributed by atoms with Gasteiger partial charge in [-0.25, -0.2) is 4.39 Å². The average molecular weight is 258 g/mol. The second-order valence-electron chi connectivity index (χ2n) is 5.22. The second kappa shape index (κ2) is 6.71. The van der Waals surface area contributed by atoms with Crippen LogP contribution in [0.15, 0.2) is 0 Å². The molecule has 104 valence electrons. The van der Waals surface area contributed by atoms with Gasteiger partial charge in [0.1, 0.15) is 18.8 Å². The van der Waals surface area contributed by atoms with Crippen molar-refractivity contribution in [3.8, 4) is 0 Å². The maximum atomic E-state index is 12.6. The van der Waals surface area contributed by atoms with Crippen molar-refractivity contribution in [2.75, 3.05) is 13.2 Å². The normalized spacial score (nSPS) is 24.6. The van der Waals surface area contributed by atoms with Crippen LogP contribution < -0.4 is 5.32 Å². The van der Waals surface area contributed by atoms with Crippen LogP contribution in [0.1, 0.15) is 40.0 Å². The van der Waals surface area contributed by atoms with Crippen LogP contribution in [0.25, 0.3) is 0 Å². The molecule has 1 N–H and O–H groups in total. The molecule has 0 bridgehead atoms. The fourth-order valence-electron chi connectivity index (χ4n) is 2.37. The van der Waals surface area contributed by atoms with E-state index in [2.05, 4.69) is 5.32 Å². The first kappa shape index (κ1) is 14.9. The Kier molecular flexibility index (Phi) is 5.56. The van der Waals surface area contributed by atoms with Crippen molar-refractivity contribution in [2.24, 2.45) is 5.92 Å². The summed E-state index contributed by atoms with van der Waals surface area (Å²) in [4.78, 5) is 25.6. The number of carbonyl (C=O) groups is 2. The maximum Gasteiger partial charge on any atom is 0.245 e. The van der Waals surface area contributed by atoms with Crippen molar-refractivity contribution < 1.29 is 14.0 Å². The summed E-state index contributed by atoms with van der Waals surface area (Å²) in [6.07, 6.45) is 1.99. The monoisotopic (exact) mass is 258 g/mol. The lowest BCUT2D eigenvalue weighted by molar-refractivity contribution is -0.150. The third kappa shape index (κ3) is 3.43. The molecule has 18 heavy (non-hydrogen) atoms. The van der Waals surface area contributed by atoms with Gasteiger partial charge in [0, 0.05) is 6.54 Å². The SMILES string of the molecule is CCCC1C(=O)NC(CC(C)C)C(=O)N1CCF. The average Bonchev–Trinajstić information content (AvgIpc) is 2.29. The van der Waals surface area contributed by atoms with Crippen molar-refractivity contribution >= 4 is 11.8 Å². The largest absolute Gasteiger partial charge is 0.342 e. The Morgan fingerprint density at radius 1 is 1.39 bits per heavy atom. The minimum absolute atomic E-state index is 0.0194. The summed E-state index contributed by atoms with van der Waals surface area (Å²) in [6.45, 7) is 5.36. The van der Waals surface area contributed by atoms with Gasteiger partial charge in [0.15, 0.2) is 0 Å². The minimum Gasteiger partial charge on any atom is -0.342 e. The fraction of sp³-hybridized carbons (Fsp3) is 0.846. The lowest BCUT2D eigenvalue weighted by atomic mass is 9.97. The molecule has 2 atom stereocenters. The molecular weight excluding hydrogens is 235 g/mol. The van der Waals surface area contributed by atoms with E-state index in [0.717, 1.165) is 6.42 Å². The van der Waals surface area contributed by atoms with Crippen molar-refractivity contribution in [3.63, 3.8) is 0 Å². The molecule has 2 unspecified atom stereocenters. The Morgan fingerprint density at radius 2 is 2.06 bits per heavy atom. The second-order valence-corrected chi connectivity index (χ2v) is 5.22. The molecule has 1 heterocycles. The first-order valence-corrected chi connectivity index (χ1v) is 6.68. The van der Waals surface area contributed by atoms with E-state index in [0.29, 0.717) is 18.8 Å². The van der Waals surface area contributed by atoms with Crippen LogP contribution >= 0.6 is 0 Å². The Bertz CT molecular complexity index is 307. The summed E-state index contributed by atoms with van der Waals surface area (Å²) >= 11 is 0. The summed E-state index contributed by atoms with van der Waals surface area (Å²) in [7, 11) is 0. The van der Waals surface area contributed by atoms with Gasteiger partial charge in [0.05, 0.1) is 0 Å². The summed E-state index contributed by atoms with van der Waals surface area (Å²) in [6, 6.07) is -0.987. The minimum atomic E-state index is -0.604. The van der Waals surface area contributed by atoms with Crippen molar-refractivity contribution in [1.29, 1.82) is 0 Å². The highest BCUT2D eigenvalue weighted by molar-refractivity contribution is 5.96. The maximum absolute atomic E-state index is 12.6. The molecule has 0 aromatic carbocycles. The number of hydrogen-bond donors (Lipinski definition) is 1. The van der Waals surface area contributed by atoms with Gasteiger partial charge in [0.2, 0.25) is 11.8 Å². The Morgan fingerprint density at radius 3 is 2.56 bits per heavy atom. The van der Waals surface area contributed by atoms with E-state index < -0.39 is 18.8 Å². The molecule has 1 saturated heterocycles. The van der Waals surface area contributed by atoms with Crippen LogP contribution in [0.2, 0.25) is 0 Å². The van der Waals surface area contributed by atoms with Gasteiger partial charge in [-0.05, 0) is 18.8 Å². The van der Waals surface area contributed by atoms with Gasteiger partial charge in [-0.1, -0.05) is 27.2 Å². The zero-order chi connectivity index (χ0) is 13.7. The fourth-order valence-corrected chi connectivity index (χ4v) is 2.37. The van der Waals surface area contributed by atoms with Gasteiger partial charge in [0.25, 0.3) is 0 Å². The molecule has 1 fully saturated rings. The van der Waals surface area contributed by atoms with Gasteiger partial charge < -0.3 is 10.2 Å². The van der Waals surface area contributed by atoms with Gasteiger partial charge in [-0.3, -0.25) is 9.59 Å². The van der Waals surface area contributed by atoms with E-state index in [4.69, 9.17) is 0 Å². The number of rotatable bonds is 6. The third-order valence-electron chi connectivity index (χ3n) is 3.17. The van der Waals surface area contributed by atoms with E-state index in [9.17, 15) is 14.0 Å². The molecule has 4 nitrogen and oxygen atoms in total. The number of nitrogens with zero attached hydrogens (tertiary/aromatic N) is 1. The first-order chi connectivity index (χ1) is 8.51. The van der Waals surface area contributed by atoms with Crippen molar-refractivity contribution in [3.05, 3.63) is 0 Å². The summed E-state index contributed by atoms with van der Waals surface area (Å²) < 4.78 is 12.6. The summed E-state index contributed by atoms with van der Waals surface area (Å²) in [5.41, 5.74) is 0. The topological polar surface area (TPSA) is 49.4 Å². The zero-order valence-electron chi connectivity index (χ0n) is 11.4. The molecule has 1 aliphatic heterocycles. The Balaban J connectivity index is 2.82. The van der Waals surface area contributed by atoms with Crippen LogP contribution in [0.3, 0.4) is 0 Å². The lowest BCUT2D eigenvalue weighted by Crippen LogP contribution is -2.63. The Hall–Kier alpha value is -1.13. The molecule has 0 radical (unpaired) electrons. The zero-order valence-corrected chi connectivity index (χ0v) is 11.4. The van der Waals surface area contributed by atoms with Gasteiger partial charge >= 0.3 is 0 Å². The highest BCUT2D eigenvalue weighted by atomic mass is 19.1. The molecule has 2 amide bonds. The number of piperazine rings is 1. The smallest absolute Gasteiger partial charge is 0.245 e. The number of hydrogen-bond acceptors (Lipinski definition) is 2. The lowest BCUT2D eigenvalue weighted by Gasteiger charge is -2.39. The molecule has 0 spiro atoms. The highest BCUT2D eigenvalue weighted by Crippen LogP contribution is 2.18. The van der Waals surface area contributed by atoms with Crippen LogP contribution in [0.5, 0.6) is 0 Å². The van der Waals surface area contributed by atoms with Crippen molar-refractivity contribution in [2.45, 2.75) is 52.1 Å². The summed E-state index contributed by atoms with van der Waals surface area (Å²) in [5.74, 6) is 0.0316.